The SMILES string of the molecule is CC(C)c1c(C(=O)N/N=C\c2ccc(C#N)cc2)[nH]c2ccccc12. The fraction of sp³-hybridized carbons (Fsp3) is 0.150. The number of carbonyl (C=O) groups is 1. The van der Waals surface area contributed by atoms with Crippen LogP contribution in [-0.2, 0) is 0 Å². The van der Waals surface area contributed by atoms with Crippen molar-refractivity contribution in [2.24, 2.45) is 5.10 Å². The van der Waals surface area contributed by atoms with Crippen LogP contribution in [0.25, 0.3) is 10.9 Å². The van der Waals surface area contributed by atoms with Crippen molar-refractivity contribution in [1.82, 2.24) is 10.4 Å². The van der Waals surface area contributed by atoms with Gasteiger partial charge < -0.3 is 4.98 Å². The molecule has 25 heavy (non-hydrogen) atoms. The van der Waals surface area contributed by atoms with Gasteiger partial charge in [0.2, 0.25) is 0 Å². The number of amides is 1. The third kappa shape index (κ3) is 3.43. The number of hydrazone groups is 1. The molecule has 3 aromatic rings. The van der Waals surface area contributed by atoms with Gasteiger partial charge in [0.25, 0.3) is 5.91 Å². The Bertz CT molecular complexity index is 975. The number of fused-ring (bicyclic) bond motifs is 1. The molecule has 1 aromatic heterocycles. The molecular formula is C20H18N4O. The van der Waals surface area contributed by atoms with Gasteiger partial charge in [0, 0.05) is 10.9 Å². The molecule has 0 aliphatic heterocycles. The molecule has 1 heterocycles. The molecule has 0 aliphatic carbocycles. The molecule has 0 radical (unpaired) electrons. The largest absolute Gasteiger partial charge is 0.350 e. The molecule has 124 valence electrons. The molecular weight excluding hydrogens is 312 g/mol. The summed E-state index contributed by atoms with van der Waals surface area (Å²) in [7, 11) is 0. The molecule has 5 nitrogen and oxygen atoms in total. The zero-order valence-electron chi connectivity index (χ0n) is 14.1. The van der Waals surface area contributed by atoms with Crippen LogP contribution in [0.15, 0.2) is 53.6 Å². The maximum atomic E-state index is 12.5. The van der Waals surface area contributed by atoms with E-state index in [1.54, 1.807) is 30.5 Å². The molecule has 0 saturated carbocycles. The van der Waals surface area contributed by atoms with E-state index in [1.165, 1.54) is 0 Å². The van der Waals surface area contributed by atoms with Crippen molar-refractivity contribution < 1.29 is 4.79 Å². The number of nitriles is 1. The molecule has 2 aromatic carbocycles. The highest BCUT2D eigenvalue weighted by Gasteiger charge is 2.19. The summed E-state index contributed by atoms with van der Waals surface area (Å²) >= 11 is 0. The number of hydrogen-bond acceptors (Lipinski definition) is 3. The Morgan fingerprint density at radius 2 is 1.92 bits per heavy atom. The number of hydrogen-bond donors (Lipinski definition) is 2. The van der Waals surface area contributed by atoms with Crippen molar-refractivity contribution in [3.05, 3.63) is 70.9 Å². The number of rotatable bonds is 4. The van der Waals surface area contributed by atoms with Crippen molar-refractivity contribution in [1.29, 1.82) is 5.26 Å². The van der Waals surface area contributed by atoms with Crippen molar-refractivity contribution in [2.75, 3.05) is 0 Å². The number of carbonyl (C=O) groups excluding carboxylic acids is 1. The lowest BCUT2D eigenvalue weighted by molar-refractivity contribution is 0.0949. The first-order valence-electron chi connectivity index (χ1n) is 8.04. The Kier molecular flexibility index (Phi) is 4.62. The summed E-state index contributed by atoms with van der Waals surface area (Å²) in [5.41, 5.74) is 6.42. The molecule has 3 rings (SSSR count). The minimum absolute atomic E-state index is 0.208. The molecule has 0 bridgehead atoms. The Balaban J connectivity index is 1.81. The fourth-order valence-corrected chi connectivity index (χ4v) is 2.81. The monoisotopic (exact) mass is 330 g/mol. The van der Waals surface area contributed by atoms with Crippen LogP contribution in [0.5, 0.6) is 0 Å². The number of para-hydroxylation sites is 1. The van der Waals surface area contributed by atoms with Crippen molar-refractivity contribution in [3.8, 4) is 6.07 Å². The van der Waals surface area contributed by atoms with E-state index in [4.69, 9.17) is 5.26 Å². The van der Waals surface area contributed by atoms with Gasteiger partial charge >= 0.3 is 0 Å². The summed E-state index contributed by atoms with van der Waals surface area (Å²) in [5, 5.41) is 13.9. The third-order valence-electron chi connectivity index (χ3n) is 3.97. The fourth-order valence-electron chi connectivity index (χ4n) is 2.81. The molecule has 0 atom stereocenters. The molecule has 2 N–H and O–H groups in total. The average molecular weight is 330 g/mol. The van der Waals surface area contributed by atoms with Crippen molar-refractivity contribution in [2.45, 2.75) is 19.8 Å². The van der Waals surface area contributed by atoms with Gasteiger partial charge in [-0.05, 0) is 35.2 Å². The molecule has 5 heteroatoms. The van der Waals surface area contributed by atoms with Gasteiger partial charge in [-0.15, -0.1) is 0 Å². The van der Waals surface area contributed by atoms with Gasteiger partial charge in [-0.2, -0.15) is 10.4 Å². The first kappa shape index (κ1) is 16.5. The van der Waals surface area contributed by atoms with Crippen LogP contribution in [0, 0.1) is 11.3 Å². The van der Waals surface area contributed by atoms with Crippen LogP contribution >= 0.6 is 0 Å². The van der Waals surface area contributed by atoms with Gasteiger partial charge in [-0.25, -0.2) is 5.43 Å². The first-order valence-corrected chi connectivity index (χ1v) is 8.04. The second kappa shape index (κ2) is 7.02. The number of nitrogens with zero attached hydrogens (tertiary/aromatic N) is 2. The van der Waals surface area contributed by atoms with E-state index in [9.17, 15) is 4.79 Å². The van der Waals surface area contributed by atoms with E-state index in [1.807, 2.05) is 24.3 Å². The first-order chi connectivity index (χ1) is 12.1. The third-order valence-corrected chi connectivity index (χ3v) is 3.97. The zero-order valence-corrected chi connectivity index (χ0v) is 14.1. The standard InChI is InChI=1S/C20H18N4O/c1-13(2)18-16-5-3-4-6-17(16)23-19(18)20(25)24-22-12-15-9-7-14(11-21)8-10-15/h3-10,12-13,23H,1-2H3,(H,24,25)/b22-12-. The molecule has 0 saturated heterocycles. The second-order valence-corrected chi connectivity index (χ2v) is 6.05. The Hall–Kier alpha value is -3.39. The number of aromatic amines is 1. The van der Waals surface area contributed by atoms with Crippen LogP contribution in [0.2, 0.25) is 0 Å². The molecule has 0 unspecified atom stereocenters. The normalized spacial score (nSPS) is 11.1. The minimum atomic E-state index is -0.273. The summed E-state index contributed by atoms with van der Waals surface area (Å²) in [4.78, 5) is 15.7. The van der Waals surface area contributed by atoms with Crippen LogP contribution < -0.4 is 5.43 Å². The maximum absolute atomic E-state index is 12.5. The average Bonchev–Trinajstić information content (AvgIpc) is 3.02. The van der Waals surface area contributed by atoms with Gasteiger partial charge in [0.05, 0.1) is 17.8 Å². The molecule has 0 fully saturated rings. The Labute approximate surface area is 146 Å². The van der Waals surface area contributed by atoms with Gasteiger partial charge in [0.15, 0.2) is 0 Å². The summed E-state index contributed by atoms with van der Waals surface area (Å²) < 4.78 is 0. The van der Waals surface area contributed by atoms with E-state index in [0.29, 0.717) is 11.3 Å². The summed E-state index contributed by atoms with van der Waals surface area (Å²) in [6, 6.07) is 16.9. The quantitative estimate of drug-likeness (QED) is 0.561. The lowest BCUT2D eigenvalue weighted by Crippen LogP contribution is -2.19. The highest BCUT2D eigenvalue weighted by Crippen LogP contribution is 2.28. The van der Waals surface area contributed by atoms with Crippen LogP contribution in [-0.4, -0.2) is 17.1 Å². The number of H-pyrrole nitrogens is 1. The molecule has 1 amide bonds. The van der Waals surface area contributed by atoms with E-state index in [-0.39, 0.29) is 11.8 Å². The molecule has 0 spiro atoms. The van der Waals surface area contributed by atoms with Crippen LogP contribution in [0.3, 0.4) is 0 Å². The van der Waals surface area contributed by atoms with E-state index >= 15 is 0 Å². The van der Waals surface area contributed by atoms with E-state index < -0.39 is 0 Å². The van der Waals surface area contributed by atoms with E-state index in [0.717, 1.165) is 22.0 Å². The summed E-state index contributed by atoms with van der Waals surface area (Å²) in [6.45, 7) is 4.12. The minimum Gasteiger partial charge on any atom is -0.350 e. The number of benzene rings is 2. The Morgan fingerprint density at radius 3 is 2.60 bits per heavy atom. The number of aromatic nitrogens is 1. The van der Waals surface area contributed by atoms with E-state index in [2.05, 4.69) is 35.4 Å². The van der Waals surface area contributed by atoms with Crippen molar-refractivity contribution >= 4 is 23.0 Å². The lowest BCUT2D eigenvalue weighted by Gasteiger charge is -2.07. The lowest BCUT2D eigenvalue weighted by atomic mass is 9.99. The number of nitrogens with one attached hydrogen (secondary N) is 2. The molecule has 0 aliphatic rings. The summed E-state index contributed by atoms with van der Waals surface area (Å²) in [5.74, 6) is -0.0656. The smallest absolute Gasteiger partial charge is 0.288 e. The van der Waals surface area contributed by atoms with Crippen LogP contribution in [0.4, 0.5) is 0 Å². The predicted octanol–water partition coefficient (Wildman–Crippen LogP) is 3.93. The van der Waals surface area contributed by atoms with Gasteiger partial charge in [-0.3, -0.25) is 4.79 Å². The second-order valence-electron chi connectivity index (χ2n) is 6.05. The highest BCUT2D eigenvalue weighted by atomic mass is 16.2. The highest BCUT2D eigenvalue weighted by molar-refractivity contribution is 6.01. The van der Waals surface area contributed by atoms with Crippen LogP contribution in [0.1, 0.15) is 46.9 Å². The summed E-state index contributed by atoms with van der Waals surface area (Å²) in [6.07, 6.45) is 1.55. The predicted molar refractivity (Wildman–Crippen MR) is 98.6 cm³/mol. The zero-order chi connectivity index (χ0) is 17.8. The maximum Gasteiger partial charge on any atom is 0.288 e. The topological polar surface area (TPSA) is 81.0 Å². The van der Waals surface area contributed by atoms with Crippen molar-refractivity contribution in [3.63, 3.8) is 0 Å². The van der Waals surface area contributed by atoms with Gasteiger partial charge in [0.1, 0.15) is 5.69 Å². The Morgan fingerprint density at radius 1 is 1.20 bits per heavy atom. The van der Waals surface area contributed by atoms with Gasteiger partial charge in [-0.1, -0.05) is 44.2 Å².